The molecule has 0 bridgehead atoms. The first-order valence-electron chi connectivity index (χ1n) is 3.70. The molecule has 0 rings (SSSR count). The van der Waals surface area contributed by atoms with Crippen LogP contribution >= 0.6 is 0 Å². The molecule has 0 spiro atoms. The van der Waals surface area contributed by atoms with E-state index in [0.29, 0.717) is 5.78 Å². The number of rotatable bonds is 4. The van der Waals surface area contributed by atoms with Crippen molar-refractivity contribution in [1.82, 2.24) is 0 Å². The number of hydrogen-bond donors (Lipinski definition) is 0. The minimum atomic E-state index is -0.600. The van der Waals surface area contributed by atoms with Gasteiger partial charge in [-0.25, -0.2) is 0 Å². The van der Waals surface area contributed by atoms with Gasteiger partial charge in [-0.15, -0.1) is 0 Å². The Morgan fingerprint density at radius 1 is 1.30 bits per heavy atom. The first-order chi connectivity index (χ1) is 4.20. The summed E-state index contributed by atoms with van der Waals surface area (Å²) in [4.78, 5) is 10.6. The van der Waals surface area contributed by atoms with Crippen molar-refractivity contribution >= 4 is 38.8 Å². The summed E-state index contributed by atoms with van der Waals surface area (Å²) in [5.74, 6) is 0.385. The van der Waals surface area contributed by atoms with E-state index in [1.165, 1.54) is 10.6 Å². The molecule has 0 aliphatic carbocycles. The van der Waals surface area contributed by atoms with Crippen molar-refractivity contribution in [2.75, 3.05) is 0 Å². The van der Waals surface area contributed by atoms with Crippen molar-refractivity contribution in [3.05, 3.63) is 0 Å². The Balaban J connectivity index is 0. The van der Waals surface area contributed by atoms with E-state index in [-0.39, 0.29) is 18.9 Å². The summed E-state index contributed by atoms with van der Waals surface area (Å²) in [6, 6.07) is 0. The van der Waals surface area contributed by atoms with Gasteiger partial charge < -0.3 is 4.79 Å². The Bertz CT molecular complexity index is 91.6. The van der Waals surface area contributed by atoms with Crippen LogP contribution in [0.25, 0.3) is 0 Å². The van der Waals surface area contributed by atoms with Gasteiger partial charge in [0.15, 0.2) is 0 Å². The normalized spacial score (nSPS) is 8.30. The minimum absolute atomic E-state index is 0. The van der Waals surface area contributed by atoms with Crippen molar-refractivity contribution in [1.29, 1.82) is 0 Å². The van der Waals surface area contributed by atoms with E-state index in [1.54, 1.807) is 6.92 Å². The fourth-order valence-corrected chi connectivity index (χ4v) is 2.95. The van der Waals surface area contributed by atoms with Crippen molar-refractivity contribution in [3.8, 4) is 0 Å². The number of hydrogen-bond acceptors (Lipinski definition) is 1. The molecule has 54 valence electrons. The Morgan fingerprint density at radius 3 is 1.80 bits per heavy atom. The van der Waals surface area contributed by atoms with Gasteiger partial charge in [0.1, 0.15) is 5.78 Å². The maximum absolute atomic E-state index is 10.6. The molecular weight excluding hydrogens is 134 g/mol. The molecule has 10 heavy (non-hydrogen) atoms. The molecule has 0 atom stereocenters. The average Bonchev–Trinajstić information content (AvgIpc) is 1.82. The quantitative estimate of drug-likeness (QED) is 0.554. The number of ketones is 1. The summed E-state index contributed by atoms with van der Waals surface area (Å²) in [5, 5.41) is 3.46. The van der Waals surface area contributed by atoms with Crippen molar-refractivity contribution in [2.45, 2.75) is 36.6 Å². The van der Waals surface area contributed by atoms with Gasteiger partial charge in [0.05, 0.1) is 0 Å². The Hall–Kier alpha value is 0.800. The zero-order valence-corrected chi connectivity index (χ0v) is 7.76. The molecule has 0 aromatic heterocycles. The zero-order chi connectivity index (χ0) is 7.28. The molecule has 0 amide bonds. The summed E-state index contributed by atoms with van der Waals surface area (Å²) in [6.07, 6.45) is 0. The maximum atomic E-state index is 10.6. The third kappa shape index (κ3) is 6.91. The predicted octanol–water partition coefficient (Wildman–Crippen LogP) is 1.46. The Morgan fingerprint density at radius 2 is 1.70 bits per heavy atom. The Labute approximate surface area is 80.1 Å². The molecular formula is C7H16AlLiO. The molecule has 0 saturated heterocycles. The molecule has 0 radical (unpaired) electrons. The van der Waals surface area contributed by atoms with Crippen LogP contribution in [0.1, 0.15) is 20.8 Å². The van der Waals surface area contributed by atoms with Gasteiger partial charge in [-0.1, -0.05) is 24.4 Å². The molecule has 0 aromatic carbocycles. The van der Waals surface area contributed by atoms with Crippen LogP contribution in [0.3, 0.4) is 0 Å². The van der Waals surface area contributed by atoms with E-state index >= 15 is 0 Å². The van der Waals surface area contributed by atoms with E-state index in [9.17, 15) is 4.79 Å². The number of carbonyl (C=O) groups excluding carboxylic acids is 1. The van der Waals surface area contributed by atoms with Crippen molar-refractivity contribution < 1.29 is 4.79 Å². The molecule has 0 unspecified atom stereocenters. The Kier molecular flexibility index (Phi) is 10.6. The summed E-state index contributed by atoms with van der Waals surface area (Å²) < 4.78 is 0. The molecule has 0 saturated carbocycles. The third-order valence-electron chi connectivity index (χ3n) is 1.73. The van der Waals surface area contributed by atoms with Crippen LogP contribution < -0.4 is 0 Å². The average molecular weight is 150 g/mol. The standard InChI is InChI=1S/C3H5O.2C2H5.Al.Li.H/c1-3(2)4;2*1-2;;;/h1H2,2H3;2*1H2,2H3;;;. The van der Waals surface area contributed by atoms with Crippen LogP contribution in [-0.2, 0) is 4.79 Å². The van der Waals surface area contributed by atoms with Crippen LogP contribution in [0.4, 0.5) is 0 Å². The molecule has 0 heterocycles. The summed E-state index contributed by atoms with van der Waals surface area (Å²) in [6.45, 7) is 6.10. The van der Waals surface area contributed by atoms with Gasteiger partial charge in [0.2, 0.25) is 0 Å². The second kappa shape index (κ2) is 7.90. The molecule has 0 aliphatic heterocycles. The van der Waals surface area contributed by atoms with Gasteiger partial charge >= 0.3 is 18.9 Å². The van der Waals surface area contributed by atoms with Crippen LogP contribution in [0.2, 0.25) is 15.8 Å². The molecule has 0 N–H and O–H groups in total. The SMILES string of the molecule is C[CH2][Al]([CH2]C)[CH2]C(C)=O.[LiH]. The van der Waals surface area contributed by atoms with Gasteiger partial charge in [-0.3, -0.25) is 0 Å². The van der Waals surface area contributed by atoms with Gasteiger partial charge in [-0.05, 0) is 12.2 Å². The summed E-state index contributed by atoms with van der Waals surface area (Å²) >= 11 is -0.600. The van der Waals surface area contributed by atoms with Crippen LogP contribution in [0.15, 0.2) is 0 Å². The van der Waals surface area contributed by atoms with Gasteiger partial charge in [-0.2, -0.15) is 0 Å². The van der Waals surface area contributed by atoms with Gasteiger partial charge in [0.25, 0.3) is 14.1 Å². The van der Waals surface area contributed by atoms with Gasteiger partial charge in [0, 0.05) is 0 Å². The molecule has 0 aliphatic rings. The summed E-state index contributed by atoms with van der Waals surface area (Å²) in [5.41, 5.74) is 0. The fraction of sp³-hybridized carbons (Fsp3) is 0.857. The van der Waals surface area contributed by atoms with Crippen LogP contribution in [0.5, 0.6) is 0 Å². The summed E-state index contributed by atoms with van der Waals surface area (Å²) in [7, 11) is 0. The third-order valence-corrected chi connectivity index (χ3v) is 5.19. The van der Waals surface area contributed by atoms with E-state index in [2.05, 4.69) is 13.8 Å². The zero-order valence-electron chi connectivity index (χ0n) is 6.61. The number of carbonyl (C=O) groups is 1. The van der Waals surface area contributed by atoms with E-state index < -0.39 is 14.1 Å². The fourth-order valence-electron chi connectivity index (χ4n) is 0.984. The first kappa shape index (κ1) is 13.4. The van der Waals surface area contributed by atoms with Crippen molar-refractivity contribution in [2.24, 2.45) is 0 Å². The van der Waals surface area contributed by atoms with Crippen molar-refractivity contribution in [3.63, 3.8) is 0 Å². The second-order valence-electron chi connectivity index (χ2n) is 2.59. The monoisotopic (exact) mass is 150 g/mol. The topological polar surface area (TPSA) is 17.1 Å². The predicted molar refractivity (Wildman–Crippen MR) is 49.4 cm³/mol. The molecule has 1 nitrogen and oxygen atoms in total. The molecule has 3 heteroatoms. The van der Waals surface area contributed by atoms with E-state index in [0.717, 1.165) is 5.28 Å². The first-order valence-corrected chi connectivity index (χ1v) is 6.15. The number of Topliss-reactive ketones (excluding diaryl/α,β-unsaturated/α-hetero) is 1. The second-order valence-corrected chi connectivity index (χ2v) is 6.36. The molecule has 0 aromatic rings. The molecule has 0 fully saturated rings. The van der Waals surface area contributed by atoms with E-state index in [4.69, 9.17) is 0 Å². The van der Waals surface area contributed by atoms with Crippen LogP contribution in [0, 0.1) is 0 Å². The van der Waals surface area contributed by atoms with E-state index in [1.807, 2.05) is 0 Å². The van der Waals surface area contributed by atoms with Crippen LogP contribution in [-0.4, -0.2) is 38.8 Å².